The van der Waals surface area contributed by atoms with Crippen LogP contribution >= 0.6 is 0 Å². The van der Waals surface area contributed by atoms with Gasteiger partial charge in [-0.1, -0.05) is 70.1 Å². The summed E-state index contributed by atoms with van der Waals surface area (Å²) in [6.45, 7) is 14.3. The van der Waals surface area contributed by atoms with E-state index in [1.807, 2.05) is 33.9 Å². The molecule has 0 fully saturated rings. The Labute approximate surface area is 201 Å². The zero-order valence-electron chi connectivity index (χ0n) is 21.9. The van der Waals surface area contributed by atoms with Gasteiger partial charge in [0.25, 0.3) is 0 Å². The maximum Gasteiger partial charge on any atom is 0.122 e. The number of hydrogen-bond acceptors (Lipinski definition) is 3. The second kappa shape index (κ2) is 16.8. The fourth-order valence-corrected chi connectivity index (χ4v) is 3.39. The number of nitrogens with zero attached hydrogens (tertiary/aromatic N) is 1. The largest absolute Gasteiger partial charge is 0.493 e. The number of rotatable bonds is 9. The van der Waals surface area contributed by atoms with Crippen LogP contribution in [0.2, 0.25) is 0 Å². The second-order valence-corrected chi connectivity index (χ2v) is 7.79. The molecule has 1 aromatic carbocycles. The Bertz CT molecular complexity index is 983. The molecule has 0 amide bonds. The highest BCUT2D eigenvalue weighted by molar-refractivity contribution is 5.52. The zero-order valence-corrected chi connectivity index (χ0v) is 21.9. The van der Waals surface area contributed by atoms with Crippen molar-refractivity contribution in [1.29, 1.82) is 0 Å². The smallest absolute Gasteiger partial charge is 0.122 e. The maximum atomic E-state index is 5.90. The van der Waals surface area contributed by atoms with E-state index in [0.717, 1.165) is 43.0 Å². The topological polar surface area (TPSA) is 38.2 Å². The van der Waals surface area contributed by atoms with Crippen molar-refractivity contribution in [3.63, 3.8) is 0 Å². The van der Waals surface area contributed by atoms with Crippen LogP contribution in [0.25, 0.3) is 12.2 Å². The van der Waals surface area contributed by atoms with Gasteiger partial charge in [-0.2, -0.15) is 0 Å². The summed E-state index contributed by atoms with van der Waals surface area (Å²) in [4.78, 5) is 0. The van der Waals surface area contributed by atoms with Crippen molar-refractivity contribution >= 4 is 17.8 Å². The van der Waals surface area contributed by atoms with Gasteiger partial charge in [-0.3, -0.25) is 10.1 Å². The van der Waals surface area contributed by atoms with E-state index in [2.05, 4.69) is 91.0 Å². The van der Waals surface area contributed by atoms with Crippen molar-refractivity contribution in [2.75, 3.05) is 25.6 Å². The lowest BCUT2D eigenvalue weighted by atomic mass is 10.2. The van der Waals surface area contributed by atoms with E-state index in [-0.39, 0.29) is 0 Å². The quantitative estimate of drug-likeness (QED) is 0.369. The number of hydrogen-bond donors (Lipinski definition) is 2. The molecule has 0 unspecified atom stereocenters. The number of benzene rings is 1. The molecule has 1 aliphatic carbocycles. The maximum absolute atomic E-state index is 5.90. The lowest BCUT2D eigenvalue weighted by Gasteiger charge is -2.13. The van der Waals surface area contributed by atoms with Gasteiger partial charge in [-0.05, 0) is 70.0 Å². The van der Waals surface area contributed by atoms with Crippen molar-refractivity contribution in [1.82, 2.24) is 9.99 Å². The van der Waals surface area contributed by atoms with E-state index in [4.69, 9.17) is 4.74 Å². The van der Waals surface area contributed by atoms with Crippen LogP contribution in [-0.2, 0) is 0 Å². The molecule has 0 aliphatic heterocycles. The lowest BCUT2D eigenvalue weighted by molar-refractivity contribution is 0.304. The first-order valence-electron chi connectivity index (χ1n) is 12.4. The fraction of sp³-hybridized carbons (Fsp3) is 0.448. The summed E-state index contributed by atoms with van der Waals surface area (Å²) in [6.07, 6.45) is 19.5. The Balaban J connectivity index is 0.000000593. The Kier molecular flexibility index (Phi) is 14.5. The minimum absolute atomic E-state index is 0.795. The number of aromatic nitrogens is 1. The molecule has 1 heterocycles. The van der Waals surface area contributed by atoms with Crippen molar-refractivity contribution in [2.24, 2.45) is 0 Å². The Morgan fingerprint density at radius 3 is 2.55 bits per heavy atom. The molecule has 0 spiro atoms. The third-order valence-corrected chi connectivity index (χ3v) is 5.12. The highest BCUT2D eigenvalue weighted by atomic mass is 16.5. The van der Waals surface area contributed by atoms with Gasteiger partial charge < -0.3 is 10.1 Å². The van der Waals surface area contributed by atoms with Gasteiger partial charge in [0.05, 0.1) is 17.6 Å². The molecule has 1 aromatic heterocycles. The van der Waals surface area contributed by atoms with Gasteiger partial charge in [-0.25, -0.2) is 0 Å². The normalized spacial score (nSPS) is 11.7. The molecule has 0 atom stereocenters. The minimum atomic E-state index is 0.795. The first-order valence-corrected chi connectivity index (χ1v) is 12.4. The average molecular weight is 452 g/mol. The van der Waals surface area contributed by atoms with Crippen molar-refractivity contribution in [2.45, 2.75) is 67.2 Å². The van der Waals surface area contributed by atoms with Gasteiger partial charge >= 0.3 is 0 Å². The number of ether oxygens (including phenoxy) is 1. The minimum Gasteiger partial charge on any atom is -0.493 e. The summed E-state index contributed by atoms with van der Waals surface area (Å²) in [7, 11) is 1.93. The lowest BCUT2D eigenvalue weighted by Crippen LogP contribution is -2.32. The van der Waals surface area contributed by atoms with Crippen LogP contribution in [0.1, 0.15) is 64.5 Å². The van der Waals surface area contributed by atoms with Crippen LogP contribution in [0.5, 0.6) is 5.75 Å². The number of aryl methyl sites for hydroxylation is 2. The monoisotopic (exact) mass is 451 g/mol. The first kappa shape index (κ1) is 28.3. The summed E-state index contributed by atoms with van der Waals surface area (Å²) >= 11 is 0. The average Bonchev–Trinajstić information content (AvgIpc) is 2.99. The Morgan fingerprint density at radius 1 is 1.12 bits per heavy atom. The van der Waals surface area contributed by atoms with Crippen LogP contribution < -0.4 is 26.0 Å². The molecule has 0 radical (unpaired) electrons. The molecule has 4 nitrogen and oxygen atoms in total. The molecular formula is C29H45N3O. The Morgan fingerprint density at radius 2 is 1.91 bits per heavy atom. The number of unbranched alkanes of at least 4 members (excludes halogenated alkanes) is 2. The van der Waals surface area contributed by atoms with Gasteiger partial charge in [-0.15, -0.1) is 0 Å². The van der Waals surface area contributed by atoms with Crippen LogP contribution in [-0.4, -0.2) is 24.9 Å². The molecule has 4 heteroatoms. The van der Waals surface area contributed by atoms with Crippen LogP contribution in [0.15, 0.2) is 48.7 Å². The second-order valence-electron chi connectivity index (χ2n) is 7.79. The molecule has 3 rings (SSSR count). The summed E-state index contributed by atoms with van der Waals surface area (Å²) in [5.74, 6) is 0.980. The summed E-state index contributed by atoms with van der Waals surface area (Å²) in [6, 6.07) is 6.30. The Hall–Kier alpha value is -2.72. The highest BCUT2D eigenvalue weighted by Gasteiger charge is 2.05. The molecule has 0 saturated carbocycles. The number of anilines is 1. The predicted molar refractivity (Wildman–Crippen MR) is 146 cm³/mol. The molecule has 182 valence electrons. The van der Waals surface area contributed by atoms with E-state index < -0.39 is 0 Å². The predicted octanol–water partition coefficient (Wildman–Crippen LogP) is 5.88. The van der Waals surface area contributed by atoms with Gasteiger partial charge in [0.2, 0.25) is 0 Å². The number of nitrogens with one attached hydrogen (secondary N) is 2. The standard InChI is InChI=1S/C22H28N2O.C5H11N.C2H6/c1-4-5-9-14-25-22-13-12-19(15-17(22)2)23-24-16-18(3)20-10-7-6-8-11-21(20)24;1-3-4-5-6-2;1-2/h6-7,10-13,15-16,23H,4-5,8-9,14H2,1-3H3;3-4,6H,5H2,1-2H3;1-2H3/b;4-3-;. The van der Waals surface area contributed by atoms with E-state index in [9.17, 15) is 0 Å². The van der Waals surface area contributed by atoms with Crippen molar-refractivity contribution in [3.05, 3.63) is 70.4 Å². The first-order chi connectivity index (χ1) is 16.1. The molecule has 0 saturated heterocycles. The SMILES string of the molecule is C/C=C\CNC.CC.CCCCCOc1ccc(Nn2cc(C)c3c2=CCC=CC=3)cc1C. The van der Waals surface area contributed by atoms with Crippen LogP contribution in [0, 0.1) is 13.8 Å². The molecule has 33 heavy (non-hydrogen) atoms. The molecule has 2 N–H and O–H groups in total. The molecule has 0 bridgehead atoms. The number of allylic oxidation sites excluding steroid dienone is 3. The van der Waals surface area contributed by atoms with E-state index in [1.54, 1.807) is 0 Å². The summed E-state index contributed by atoms with van der Waals surface area (Å²) in [5.41, 5.74) is 7.01. The van der Waals surface area contributed by atoms with Gasteiger partial charge in [0.1, 0.15) is 5.75 Å². The highest BCUT2D eigenvalue weighted by Crippen LogP contribution is 2.22. The summed E-state index contributed by atoms with van der Waals surface area (Å²) < 4.78 is 8.02. The van der Waals surface area contributed by atoms with Crippen molar-refractivity contribution < 1.29 is 4.74 Å². The molecule has 1 aliphatic rings. The third-order valence-electron chi connectivity index (χ3n) is 5.12. The molecular weight excluding hydrogens is 406 g/mol. The van der Waals surface area contributed by atoms with E-state index in [0.29, 0.717) is 0 Å². The fourth-order valence-electron chi connectivity index (χ4n) is 3.39. The zero-order chi connectivity index (χ0) is 24.5. The third kappa shape index (κ3) is 9.75. The van der Waals surface area contributed by atoms with Crippen LogP contribution in [0.3, 0.4) is 0 Å². The number of fused-ring (bicyclic) bond motifs is 1. The van der Waals surface area contributed by atoms with Crippen LogP contribution in [0.4, 0.5) is 5.69 Å². The number of likely N-dealkylation sites (N-methyl/N-ethyl adjacent to an activating group) is 1. The van der Waals surface area contributed by atoms with Gasteiger partial charge in [0, 0.05) is 18.0 Å². The molecule has 2 aromatic rings. The van der Waals surface area contributed by atoms with E-state index in [1.165, 1.54) is 29.0 Å². The van der Waals surface area contributed by atoms with Crippen molar-refractivity contribution in [3.8, 4) is 5.75 Å². The van der Waals surface area contributed by atoms with Gasteiger partial charge in [0.15, 0.2) is 0 Å². The summed E-state index contributed by atoms with van der Waals surface area (Å²) in [5, 5.41) is 5.49. The van der Waals surface area contributed by atoms with E-state index >= 15 is 0 Å².